The Bertz CT molecular complexity index is 1420. The molecule has 3 N–H and O–H groups in total. The lowest BCUT2D eigenvalue weighted by molar-refractivity contribution is -0.138. The summed E-state index contributed by atoms with van der Waals surface area (Å²) in [6, 6.07) is 23.5. The number of ether oxygens (including phenoxy) is 1. The standard InChI is InChI=1S/C31H32N4O5/c1-2-24(22-12-7-4-8-13-22)32-26-27(31(39)35(30(26)38)20-21-10-5-3-6-11-21)33-25-15-9-14-23(28(25)36)29(37)34-16-18-40-19-17-34/h3-15,24,32-33,36H,2,16-20H2,1H3/t24-/m1/s1. The Labute approximate surface area is 233 Å². The fourth-order valence-corrected chi connectivity index (χ4v) is 4.90. The third-order valence-electron chi connectivity index (χ3n) is 7.10. The number of hydrogen-bond donors (Lipinski definition) is 3. The van der Waals surface area contributed by atoms with Gasteiger partial charge in [0.1, 0.15) is 11.4 Å². The van der Waals surface area contributed by atoms with E-state index in [-0.39, 0.29) is 46.9 Å². The first-order valence-corrected chi connectivity index (χ1v) is 13.4. The zero-order valence-electron chi connectivity index (χ0n) is 22.3. The van der Waals surface area contributed by atoms with Crippen LogP contribution in [0.15, 0.2) is 90.3 Å². The average molecular weight is 541 g/mol. The second kappa shape index (κ2) is 12.0. The molecule has 1 atom stereocenters. The summed E-state index contributed by atoms with van der Waals surface area (Å²) in [5, 5.41) is 17.4. The number of phenols is 1. The molecular formula is C31H32N4O5. The van der Waals surface area contributed by atoms with Crippen LogP contribution in [0.4, 0.5) is 5.69 Å². The van der Waals surface area contributed by atoms with Crippen molar-refractivity contribution in [2.75, 3.05) is 31.6 Å². The number of carbonyl (C=O) groups is 3. The smallest absolute Gasteiger partial charge is 0.279 e. The maximum Gasteiger partial charge on any atom is 0.279 e. The Morgan fingerprint density at radius 1 is 0.900 bits per heavy atom. The van der Waals surface area contributed by atoms with Crippen LogP contribution in [0.2, 0.25) is 0 Å². The molecule has 9 nitrogen and oxygen atoms in total. The maximum absolute atomic E-state index is 13.7. The normalized spacial score (nSPS) is 16.3. The second-order valence-electron chi connectivity index (χ2n) is 9.68. The third-order valence-corrected chi connectivity index (χ3v) is 7.10. The van der Waals surface area contributed by atoms with Gasteiger partial charge in [-0.3, -0.25) is 19.3 Å². The van der Waals surface area contributed by atoms with Gasteiger partial charge in [0.05, 0.1) is 37.1 Å². The first-order valence-electron chi connectivity index (χ1n) is 13.4. The molecule has 1 fully saturated rings. The molecule has 0 saturated carbocycles. The van der Waals surface area contributed by atoms with E-state index in [4.69, 9.17) is 4.74 Å². The molecule has 5 rings (SSSR count). The van der Waals surface area contributed by atoms with E-state index in [2.05, 4.69) is 10.6 Å². The summed E-state index contributed by atoms with van der Waals surface area (Å²) in [5.41, 5.74) is 2.17. The minimum absolute atomic E-state index is 0.0154. The minimum Gasteiger partial charge on any atom is -0.505 e. The van der Waals surface area contributed by atoms with Crippen LogP contribution in [0.3, 0.4) is 0 Å². The van der Waals surface area contributed by atoms with Gasteiger partial charge in [-0.25, -0.2) is 0 Å². The van der Waals surface area contributed by atoms with Crippen LogP contribution in [0.1, 0.15) is 40.9 Å². The molecule has 0 spiro atoms. The Hall–Kier alpha value is -4.63. The van der Waals surface area contributed by atoms with Gasteiger partial charge in [-0.05, 0) is 29.7 Å². The molecule has 2 aliphatic rings. The molecule has 0 radical (unpaired) electrons. The van der Waals surface area contributed by atoms with E-state index in [0.29, 0.717) is 32.7 Å². The Morgan fingerprint density at radius 2 is 1.55 bits per heavy atom. The Balaban J connectivity index is 1.48. The van der Waals surface area contributed by atoms with Gasteiger partial charge in [-0.1, -0.05) is 73.7 Å². The number of para-hydroxylation sites is 1. The van der Waals surface area contributed by atoms with E-state index in [1.807, 2.05) is 67.6 Å². The molecule has 0 aromatic heterocycles. The van der Waals surface area contributed by atoms with E-state index in [0.717, 1.165) is 11.1 Å². The van der Waals surface area contributed by atoms with Crippen molar-refractivity contribution in [1.29, 1.82) is 0 Å². The highest BCUT2D eigenvalue weighted by molar-refractivity contribution is 6.20. The van der Waals surface area contributed by atoms with E-state index in [9.17, 15) is 19.5 Å². The highest BCUT2D eigenvalue weighted by atomic mass is 16.5. The summed E-state index contributed by atoms with van der Waals surface area (Å²) >= 11 is 0. The number of hydrogen-bond acceptors (Lipinski definition) is 7. The predicted octanol–water partition coefficient (Wildman–Crippen LogP) is 3.80. The monoisotopic (exact) mass is 540 g/mol. The third kappa shape index (κ3) is 5.55. The van der Waals surface area contributed by atoms with Gasteiger partial charge in [-0.2, -0.15) is 0 Å². The number of aromatic hydroxyl groups is 1. The van der Waals surface area contributed by atoms with Crippen LogP contribution in [-0.4, -0.2) is 58.9 Å². The summed E-state index contributed by atoms with van der Waals surface area (Å²) in [6.07, 6.45) is 0.662. The fourth-order valence-electron chi connectivity index (χ4n) is 4.90. The number of morpholine rings is 1. The van der Waals surface area contributed by atoms with Crippen LogP contribution in [0.5, 0.6) is 5.75 Å². The topological polar surface area (TPSA) is 111 Å². The molecule has 40 heavy (non-hydrogen) atoms. The molecule has 206 valence electrons. The molecule has 3 aromatic rings. The van der Waals surface area contributed by atoms with Crippen LogP contribution >= 0.6 is 0 Å². The van der Waals surface area contributed by atoms with Gasteiger partial charge in [0.15, 0.2) is 5.75 Å². The number of nitrogens with zero attached hydrogens (tertiary/aromatic N) is 2. The number of carbonyl (C=O) groups excluding carboxylic acids is 3. The van der Waals surface area contributed by atoms with E-state index in [1.165, 1.54) is 11.0 Å². The van der Waals surface area contributed by atoms with Crippen LogP contribution in [-0.2, 0) is 20.9 Å². The molecular weight excluding hydrogens is 508 g/mol. The lowest BCUT2D eigenvalue weighted by Crippen LogP contribution is -2.40. The molecule has 9 heteroatoms. The number of phenolic OH excluding ortho intramolecular Hbond substituents is 1. The lowest BCUT2D eigenvalue weighted by Gasteiger charge is -2.27. The number of anilines is 1. The lowest BCUT2D eigenvalue weighted by atomic mass is 10.0. The van der Waals surface area contributed by atoms with Crippen molar-refractivity contribution in [2.45, 2.75) is 25.9 Å². The number of rotatable bonds is 9. The zero-order valence-corrected chi connectivity index (χ0v) is 22.3. The van der Waals surface area contributed by atoms with Crippen molar-refractivity contribution >= 4 is 23.4 Å². The molecule has 0 bridgehead atoms. The molecule has 3 amide bonds. The highest BCUT2D eigenvalue weighted by Gasteiger charge is 2.40. The van der Waals surface area contributed by atoms with E-state index >= 15 is 0 Å². The molecule has 0 unspecified atom stereocenters. The van der Waals surface area contributed by atoms with Crippen molar-refractivity contribution < 1.29 is 24.2 Å². The van der Waals surface area contributed by atoms with Crippen molar-refractivity contribution in [2.24, 2.45) is 0 Å². The van der Waals surface area contributed by atoms with Crippen molar-refractivity contribution in [3.63, 3.8) is 0 Å². The first kappa shape index (κ1) is 27.0. The van der Waals surface area contributed by atoms with Crippen molar-refractivity contribution in [1.82, 2.24) is 15.1 Å². The fraction of sp³-hybridized carbons (Fsp3) is 0.258. The van der Waals surface area contributed by atoms with Crippen molar-refractivity contribution in [3.05, 3.63) is 107 Å². The van der Waals surface area contributed by atoms with E-state index < -0.39 is 11.8 Å². The van der Waals surface area contributed by atoms with Gasteiger partial charge in [-0.15, -0.1) is 0 Å². The van der Waals surface area contributed by atoms with Gasteiger partial charge < -0.3 is 25.4 Å². The van der Waals surface area contributed by atoms with Crippen LogP contribution < -0.4 is 10.6 Å². The zero-order chi connectivity index (χ0) is 28.1. The molecule has 2 heterocycles. The SMILES string of the molecule is CC[C@@H](NC1=C(Nc2cccc(C(=O)N3CCOCC3)c2O)C(=O)N(Cc2ccccc2)C1=O)c1ccccc1. The highest BCUT2D eigenvalue weighted by Crippen LogP contribution is 2.33. The second-order valence-corrected chi connectivity index (χ2v) is 9.68. The predicted molar refractivity (Wildman–Crippen MR) is 150 cm³/mol. The largest absolute Gasteiger partial charge is 0.505 e. The molecule has 2 aliphatic heterocycles. The molecule has 0 aliphatic carbocycles. The summed E-state index contributed by atoms with van der Waals surface area (Å²) in [7, 11) is 0. The average Bonchev–Trinajstić information content (AvgIpc) is 3.21. The summed E-state index contributed by atoms with van der Waals surface area (Å²) in [5.74, 6) is -1.61. The quantitative estimate of drug-likeness (QED) is 0.280. The van der Waals surface area contributed by atoms with Crippen LogP contribution in [0, 0.1) is 0 Å². The van der Waals surface area contributed by atoms with Gasteiger partial charge in [0, 0.05) is 13.1 Å². The number of imide groups is 1. The molecule has 1 saturated heterocycles. The summed E-state index contributed by atoms with van der Waals surface area (Å²) < 4.78 is 5.33. The maximum atomic E-state index is 13.7. The Kier molecular flexibility index (Phi) is 8.12. The minimum atomic E-state index is -0.524. The summed E-state index contributed by atoms with van der Waals surface area (Å²) in [4.78, 5) is 43.3. The number of benzene rings is 3. The summed E-state index contributed by atoms with van der Waals surface area (Å²) in [6.45, 7) is 3.80. The molecule has 3 aromatic carbocycles. The van der Waals surface area contributed by atoms with Gasteiger partial charge in [0.25, 0.3) is 17.7 Å². The van der Waals surface area contributed by atoms with Gasteiger partial charge >= 0.3 is 0 Å². The van der Waals surface area contributed by atoms with Gasteiger partial charge in [0.2, 0.25) is 0 Å². The number of amides is 3. The Morgan fingerprint density at radius 3 is 2.23 bits per heavy atom. The van der Waals surface area contributed by atoms with E-state index in [1.54, 1.807) is 17.0 Å². The van der Waals surface area contributed by atoms with Crippen molar-refractivity contribution in [3.8, 4) is 5.75 Å². The number of nitrogens with one attached hydrogen (secondary N) is 2. The first-order chi connectivity index (χ1) is 19.5. The van der Waals surface area contributed by atoms with Crippen LogP contribution in [0.25, 0.3) is 0 Å².